The molecular weight excluding hydrogens is 318 g/mol. The fraction of sp³-hybridized carbons (Fsp3) is 0.208. The molecule has 0 bridgehead atoms. The first-order valence-electron chi connectivity index (χ1n) is 9.23. The number of hydrogen-bond acceptors (Lipinski definition) is 1. The summed E-state index contributed by atoms with van der Waals surface area (Å²) in [6.07, 6.45) is 0.796. The van der Waals surface area contributed by atoms with E-state index in [4.69, 9.17) is 0 Å². The second kappa shape index (κ2) is 7.57. The van der Waals surface area contributed by atoms with E-state index in [0.717, 1.165) is 13.0 Å². The highest BCUT2D eigenvalue weighted by atomic mass is 16.2. The van der Waals surface area contributed by atoms with Crippen molar-refractivity contribution in [2.24, 2.45) is 5.92 Å². The summed E-state index contributed by atoms with van der Waals surface area (Å²) < 4.78 is 0. The van der Waals surface area contributed by atoms with Crippen LogP contribution in [0.4, 0.5) is 0 Å². The predicted molar refractivity (Wildman–Crippen MR) is 105 cm³/mol. The molecule has 0 N–H and O–H groups in total. The van der Waals surface area contributed by atoms with Crippen LogP contribution in [0, 0.1) is 5.92 Å². The summed E-state index contributed by atoms with van der Waals surface area (Å²) in [5.74, 6) is 0.516. The van der Waals surface area contributed by atoms with Crippen LogP contribution in [-0.2, 0) is 17.8 Å². The van der Waals surface area contributed by atoms with Crippen LogP contribution >= 0.6 is 0 Å². The van der Waals surface area contributed by atoms with Crippen LogP contribution in [-0.4, -0.2) is 17.4 Å². The Morgan fingerprint density at radius 2 is 1.27 bits per heavy atom. The maximum Gasteiger partial charge on any atom is 0.227 e. The molecule has 1 fully saturated rings. The van der Waals surface area contributed by atoms with Gasteiger partial charge in [0.25, 0.3) is 0 Å². The topological polar surface area (TPSA) is 20.3 Å². The number of carbonyl (C=O) groups excluding carboxylic acids is 1. The zero-order valence-corrected chi connectivity index (χ0v) is 14.8. The van der Waals surface area contributed by atoms with Gasteiger partial charge in [-0.1, -0.05) is 91.0 Å². The number of rotatable bonds is 5. The van der Waals surface area contributed by atoms with E-state index in [1.54, 1.807) is 0 Å². The molecule has 1 saturated heterocycles. The second-order valence-electron chi connectivity index (χ2n) is 7.02. The van der Waals surface area contributed by atoms with E-state index in [0.29, 0.717) is 6.54 Å². The van der Waals surface area contributed by atoms with Crippen molar-refractivity contribution >= 4 is 5.91 Å². The zero-order chi connectivity index (χ0) is 17.8. The Hall–Kier alpha value is -2.87. The van der Waals surface area contributed by atoms with E-state index in [1.165, 1.54) is 16.7 Å². The molecule has 0 radical (unpaired) electrons. The molecule has 130 valence electrons. The molecule has 1 aliphatic heterocycles. The molecule has 1 amide bonds. The third-order valence-corrected chi connectivity index (χ3v) is 5.27. The summed E-state index contributed by atoms with van der Waals surface area (Å²) in [7, 11) is 0. The Morgan fingerprint density at radius 1 is 0.731 bits per heavy atom. The average Bonchev–Trinajstić information content (AvgIpc) is 3.00. The Kier molecular flexibility index (Phi) is 4.83. The molecule has 2 atom stereocenters. The third-order valence-electron chi connectivity index (χ3n) is 5.27. The Morgan fingerprint density at radius 3 is 1.88 bits per heavy atom. The number of likely N-dealkylation sites (tertiary alicyclic amines) is 1. The molecule has 0 aromatic heterocycles. The standard InChI is InChI=1S/C24H23NO/c26-24-22(16-19-10-4-1-5-11-19)23(21-14-8-3-9-15-21)18-25(24)17-20-12-6-2-7-13-20/h1-15,22-23H,16-18H2/t22-,23-/m0/s1. The fourth-order valence-electron chi connectivity index (χ4n) is 3.94. The number of nitrogens with zero attached hydrogens (tertiary/aromatic N) is 1. The largest absolute Gasteiger partial charge is 0.337 e. The molecule has 0 saturated carbocycles. The van der Waals surface area contributed by atoms with Crippen LogP contribution in [0.15, 0.2) is 91.0 Å². The van der Waals surface area contributed by atoms with E-state index < -0.39 is 0 Å². The van der Waals surface area contributed by atoms with Crippen LogP contribution in [0.25, 0.3) is 0 Å². The first-order chi connectivity index (χ1) is 12.8. The van der Waals surface area contributed by atoms with Gasteiger partial charge in [-0.25, -0.2) is 0 Å². The number of benzene rings is 3. The van der Waals surface area contributed by atoms with Crippen molar-refractivity contribution in [3.63, 3.8) is 0 Å². The summed E-state index contributed by atoms with van der Waals surface area (Å²) in [4.78, 5) is 15.3. The van der Waals surface area contributed by atoms with Gasteiger partial charge in [0.2, 0.25) is 5.91 Å². The minimum atomic E-state index is 0.00325. The molecule has 4 rings (SSSR count). The number of amides is 1. The number of carbonyl (C=O) groups is 1. The van der Waals surface area contributed by atoms with Gasteiger partial charge in [-0.15, -0.1) is 0 Å². The Balaban J connectivity index is 1.61. The van der Waals surface area contributed by atoms with Crippen LogP contribution in [0.5, 0.6) is 0 Å². The molecular formula is C24H23NO. The van der Waals surface area contributed by atoms with Gasteiger partial charge in [0.15, 0.2) is 0 Å². The second-order valence-corrected chi connectivity index (χ2v) is 7.02. The first-order valence-corrected chi connectivity index (χ1v) is 9.23. The average molecular weight is 341 g/mol. The lowest BCUT2D eigenvalue weighted by Crippen LogP contribution is -2.27. The highest BCUT2D eigenvalue weighted by molar-refractivity contribution is 5.83. The van der Waals surface area contributed by atoms with Gasteiger partial charge in [-0.3, -0.25) is 4.79 Å². The van der Waals surface area contributed by atoms with Crippen molar-refractivity contribution in [3.05, 3.63) is 108 Å². The predicted octanol–water partition coefficient (Wildman–Crippen LogP) is 4.67. The van der Waals surface area contributed by atoms with Gasteiger partial charge >= 0.3 is 0 Å². The van der Waals surface area contributed by atoms with Gasteiger partial charge in [0.1, 0.15) is 0 Å². The van der Waals surface area contributed by atoms with Crippen LogP contribution in [0.3, 0.4) is 0 Å². The summed E-state index contributed by atoms with van der Waals surface area (Å²) in [6.45, 7) is 1.48. The Labute approximate surface area is 155 Å². The van der Waals surface area contributed by atoms with Crippen molar-refractivity contribution in [1.29, 1.82) is 0 Å². The molecule has 3 aromatic carbocycles. The quantitative estimate of drug-likeness (QED) is 0.660. The summed E-state index contributed by atoms with van der Waals surface area (Å²) in [5, 5.41) is 0. The SMILES string of the molecule is O=C1[C@@H](Cc2ccccc2)[C@H](c2ccccc2)CN1Cc1ccccc1. The van der Waals surface area contributed by atoms with E-state index in [2.05, 4.69) is 48.5 Å². The maximum absolute atomic E-state index is 13.2. The number of hydrogen-bond donors (Lipinski definition) is 0. The van der Waals surface area contributed by atoms with Crippen molar-refractivity contribution in [2.75, 3.05) is 6.54 Å². The monoisotopic (exact) mass is 341 g/mol. The van der Waals surface area contributed by atoms with Gasteiger partial charge < -0.3 is 4.90 Å². The molecule has 2 heteroatoms. The fourth-order valence-corrected chi connectivity index (χ4v) is 3.94. The van der Waals surface area contributed by atoms with E-state index >= 15 is 0 Å². The molecule has 1 aliphatic rings. The summed E-state index contributed by atoms with van der Waals surface area (Å²) in [6, 6.07) is 31.1. The van der Waals surface area contributed by atoms with Crippen molar-refractivity contribution in [2.45, 2.75) is 18.9 Å². The van der Waals surface area contributed by atoms with Crippen LogP contribution in [0.2, 0.25) is 0 Å². The highest BCUT2D eigenvalue weighted by Crippen LogP contribution is 2.36. The van der Waals surface area contributed by atoms with Crippen LogP contribution < -0.4 is 0 Å². The molecule has 2 nitrogen and oxygen atoms in total. The van der Waals surface area contributed by atoms with Crippen LogP contribution in [0.1, 0.15) is 22.6 Å². The summed E-state index contributed by atoms with van der Waals surface area (Å²) in [5.41, 5.74) is 3.68. The first kappa shape index (κ1) is 16.6. The van der Waals surface area contributed by atoms with Crippen molar-refractivity contribution in [1.82, 2.24) is 4.90 Å². The molecule has 0 unspecified atom stereocenters. The smallest absolute Gasteiger partial charge is 0.227 e. The van der Waals surface area contributed by atoms with Gasteiger partial charge in [-0.2, -0.15) is 0 Å². The lowest BCUT2D eigenvalue weighted by molar-refractivity contribution is -0.131. The zero-order valence-electron chi connectivity index (χ0n) is 14.8. The lowest BCUT2D eigenvalue weighted by Gasteiger charge is -2.17. The van der Waals surface area contributed by atoms with E-state index in [1.807, 2.05) is 47.4 Å². The van der Waals surface area contributed by atoms with Gasteiger partial charge in [-0.05, 0) is 23.1 Å². The Bertz CT molecular complexity index is 845. The molecule has 0 aliphatic carbocycles. The van der Waals surface area contributed by atoms with Gasteiger partial charge in [0, 0.05) is 19.0 Å². The maximum atomic E-state index is 13.2. The van der Waals surface area contributed by atoms with E-state index in [9.17, 15) is 4.79 Å². The minimum absolute atomic E-state index is 0.00325. The molecule has 0 spiro atoms. The van der Waals surface area contributed by atoms with E-state index in [-0.39, 0.29) is 17.7 Å². The van der Waals surface area contributed by atoms with Crippen molar-refractivity contribution < 1.29 is 4.79 Å². The normalized spacial score (nSPS) is 19.7. The third kappa shape index (κ3) is 3.55. The highest BCUT2D eigenvalue weighted by Gasteiger charge is 2.40. The summed E-state index contributed by atoms with van der Waals surface area (Å²) >= 11 is 0. The molecule has 3 aromatic rings. The van der Waals surface area contributed by atoms with Gasteiger partial charge in [0.05, 0.1) is 5.92 Å². The minimum Gasteiger partial charge on any atom is -0.337 e. The molecule has 26 heavy (non-hydrogen) atoms. The lowest BCUT2D eigenvalue weighted by atomic mass is 9.84. The molecule has 1 heterocycles. The van der Waals surface area contributed by atoms with Crippen molar-refractivity contribution in [3.8, 4) is 0 Å².